The molecule has 1 N–H and O–H groups in total. The molecular weight excluding hydrogens is 314 g/mol. The molecule has 0 unspecified atom stereocenters. The van der Waals surface area contributed by atoms with Crippen molar-refractivity contribution >= 4 is 16.6 Å². The molecular formula is C21H19NO3. The number of benzene rings is 2. The zero-order valence-corrected chi connectivity index (χ0v) is 13.9. The standard InChI is InChI=1S/C21H19NO3/c23-13-7-1-6-12-22-19-15-9-3-4-10-16(15)20(24)18(19)14-8-2-5-11-17(14)21(22)25/h2-5,8-11,23H,1,6-7,12-13H2. The lowest BCUT2D eigenvalue weighted by Gasteiger charge is -2.15. The fraction of sp³-hybridized carbons (Fsp3) is 0.238. The van der Waals surface area contributed by atoms with Crippen LogP contribution in [0, 0.1) is 0 Å². The molecule has 0 aliphatic heterocycles. The van der Waals surface area contributed by atoms with Crippen molar-refractivity contribution in [2.75, 3.05) is 6.61 Å². The van der Waals surface area contributed by atoms with E-state index >= 15 is 0 Å². The molecule has 0 fully saturated rings. The van der Waals surface area contributed by atoms with Gasteiger partial charge in [0.15, 0.2) is 5.78 Å². The molecule has 25 heavy (non-hydrogen) atoms. The van der Waals surface area contributed by atoms with Gasteiger partial charge in [-0.1, -0.05) is 42.5 Å². The van der Waals surface area contributed by atoms with Crippen LogP contribution in [0.4, 0.5) is 0 Å². The van der Waals surface area contributed by atoms with Crippen LogP contribution in [0.25, 0.3) is 22.0 Å². The largest absolute Gasteiger partial charge is 0.396 e. The quantitative estimate of drug-likeness (QED) is 0.570. The molecule has 1 aliphatic rings. The Labute approximate surface area is 145 Å². The van der Waals surface area contributed by atoms with E-state index in [-0.39, 0.29) is 17.9 Å². The van der Waals surface area contributed by atoms with E-state index in [4.69, 9.17) is 5.11 Å². The van der Waals surface area contributed by atoms with Crippen molar-refractivity contribution in [2.45, 2.75) is 25.8 Å². The number of unbranched alkanes of at least 4 members (excludes halogenated alkanes) is 2. The third-order valence-electron chi connectivity index (χ3n) is 4.87. The summed E-state index contributed by atoms with van der Waals surface area (Å²) in [5.41, 5.74) is 2.83. The van der Waals surface area contributed by atoms with Crippen molar-refractivity contribution in [1.29, 1.82) is 0 Å². The minimum Gasteiger partial charge on any atom is -0.396 e. The van der Waals surface area contributed by atoms with Crippen LogP contribution in [0.1, 0.15) is 35.2 Å². The maximum atomic E-state index is 13.1. The fourth-order valence-corrected chi connectivity index (χ4v) is 3.70. The zero-order chi connectivity index (χ0) is 17.4. The van der Waals surface area contributed by atoms with Crippen LogP contribution in [0.15, 0.2) is 53.3 Å². The number of hydrogen-bond donors (Lipinski definition) is 1. The molecule has 4 nitrogen and oxygen atoms in total. The van der Waals surface area contributed by atoms with Crippen molar-refractivity contribution in [3.05, 3.63) is 70.0 Å². The Morgan fingerprint density at radius 1 is 0.800 bits per heavy atom. The number of rotatable bonds is 5. The molecule has 4 heteroatoms. The highest BCUT2D eigenvalue weighted by Gasteiger charge is 2.31. The number of carbonyl (C=O) groups excluding carboxylic acids is 1. The van der Waals surface area contributed by atoms with Gasteiger partial charge in [0.25, 0.3) is 5.56 Å². The molecule has 1 aromatic heterocycles. The Hall–Kier alpha value is -2.72. The number of ketones is 1. The Morgan fingerprint density at radius 3 is 2.24 bits per heavy atom. The van der Waals surface area contributed by atoms with Gasteiger partial charge in [-0.25, -0.2) is 0 Å². The molecule has 1 aliphatic carbocycles. The maximum Gasteiger partial charge on any atom is 0.258 e. The first-order valence-electron chi connectivity index (χ1n) is 8.64. The van der Waals surface area contributed by atoms with E-state index in [9.17, 15) is 9.59 Å². The second kappa shape index (κ2) is 6.30. The summed E-state index contributed by atoms with van der Waals surface area (Å²) in [5, 5.41) is 10.3. The molecule has 0 spiro atoms. The van der Waals surface area contributed by atoms with Crippen LogP contribution in [0.2, 0.25) is 0 Å². The van der Waals surface area contributed by atoms with Crippen molar-refractivity contribution in [3.63, 3.8) is 0 Å². The summed E-state index contributed by atoms with van der Waals surface area (Å²) in [6, 6.07) is 14.8. The van der Waals surface area contributed by atoms with Gasteiger partial charge in [0.1, 0.15) is 0 Å². The van der Waals surface area contributed by atoms with Crippen LogP contribution in [0.5, 0.6) is 0 Å². The molecule has 2 aromatic carbocycles. The lowest BCUT2D eigenvalue weighted by atomic mass is 10.0. The molecule has 0 amide bonds. The van der Waals surface area contributed by atoms with Crippen molar-refractivity contribution in [3.8, 4) is 11.3 Å². The van der Waals surface area contributed by atoms with E-state index in [1.807, 2.05) is 42.5 Å². The lowest BCUT2D eigenvalue weighted by Crippen LogP contribution is -2.23. The molecule has 126 valence electrons. The zero-order valence-electron chi connectivity index (χ0n) is 13.9. The third kappa shape index (κ3) is 2.41. The first-order chi connectivity index (χ1) is 12.2. The minimum atomic E-state index is -0.0529. The average Bonchev–Trinajstić information content (AvgIpc) is 2.94. The molecule has 3 aromatic rings. The van der Waals surface area contributed by atoms with Crippen LogP contribution in [0.3, 0.4) is 0 Å². The average molecular weight is 333 g/mol. The SMILES string of the molecule is O=C1c2ccccc2-c2c1c1ccccc1c(=O)n2CCCCCO. The summed E-state index contributed by atoms with van der Waals surface area (Å²) in [6.07, 6.45) is 2.36. The summed E-state index contributed by atoms with van der Waals surface area (Å²) < 4.78 is 1.75. The Kier molecular flexibility index (Phi) is 3.98. The summed E-state index contributed by atoms with van der Waals surface area (Å²) in [4.78, 5) is 26.1. The molecule has 0 radical (unpaired) electrons. The van der Waals surface area contributed by atoms with Gasteiger partial charge in [-0.2, -0.15) is 0 Å². The summed E-state index contributed by atoms with van der Waals surface area (Å²) in [7, 11) is 0. The normalized spacial score (nSPS) is 12.4. The van der Waals surface area contributed by atoms with Crippen LogP contribution >= 0.6 is 0 Å². The van der Waals surface area contributed by atoms with Crippen LogP contribution in [-0.2, 0) is 6.54 Å². The predicted octanol–water partition coefficient (Wildman–Crippen LogP) is 3.38. The van der Waals surface area contributed by atoms with Gasteiger partial charge in [0.2, 0.25) is 0 Å². The van der Waals surface area contributed by atoms with E-state index in [1.165, 1.54) is 0 Å². The van der Waals surface area contributed by atoms with Crippen molar-refractivity contribution in [1.82, 2.24) is 4.57 Å². The molecule has 0 saturated carbocycles. The highest BCUT2D eigenvalue weighted by atomic mass is 16.3. The molecule has 0 bridgehead atoms. The summed E-state index contributed by atoms with van der Waals surface area (Å²) in [6.45, 7) is 0.708. The number of aliphatic hydroxyl groups is 1. The topological polar surface area (TPSA) is 59.3 Å². The number of fused-ring (bicyclic) bond motifs is 5. The van der Waals surface area contributed by atoms with Gasteiger partial charge < -0.3 is 9.67 Å². The van der Waals surface area contributed by atoms with Gasteiger partial charge in [-0.05, 0) is 25.3 Å². The first-order valence-corrected chi connectivity index (χ1v) is 8.64. The molecule has 4 rings (SSSR count). The van der Waals surface area contributed by atoms with Crippen molar-refractivity contribution < 1.29 is 9.90 Å². The van der Waals surface area contributed by atoms with Gasteiger partial charge in [0.05, 0.1) is 11.3 Å². The number of aromatic nitrogens is 1. The maximum absolute atomic E-state index is 13.1. The Bertz CT molecular complexity index is 1030. The third-order valence-corrected chi connectivity index (χ3v) is 4.87. The van der Waals surface area contributed by atoms with Gasteiger partial charge >= 0.3 is 0 Å². The van der Waals surface area contributed by atoms with E-state index < -0.39 is 0 Å². The van der Waals surface area contributed by atoms with E-state index in [0.29, 0.717) is 23.1 Å². The molecule has 0 atom stereocenters. The Balaban J connectivity index is 1.98. The molecule has 1 heterocycles. The number of carbonyl (C=O) groups is 1. The predicted molar refractivity (Wildman–Crippen MR) is 98.0 cm³/mol. The Morgan fingerprint density at radius 2 is 1.48 bits per heavy atom. The van der Waals surface area contributed by atoms with Crippen LogP contribution < -0.4 is 5.56 Å². The highest BCUT2D eigenvalue weighted by molar-refractivity contribution is 6.26. The first kappa shape index (κ1) is 15.8. The monoisotopic (exact) mass is 333 g/mol. The van der Waals surface area contributed by atoms with Gasteiger partial charge in [-0.3, -0.25) is 9.59 Å². The van der Waals surface area contributed by atoms with E-state index in [0.717, 1.165) is 35.9 Å². The van der Waals surface area contributed by atoms with Crippen LogP contribution in [-0.4, -0.2) is 22.1 Å². The minimum absolute atomic E-state index is 0.00842. The number of hydrogen-bond acceptors (Lipinski definition) is 3. The van der Waals surface area contributed by atoms with Crippen molar-refractivity contribution in [2.24, 2.45) is 0 Å². The number of pyridine rings is 1. The van der Waals surface area contributed by atoms with Gasteiger partial charge in [0, 0.05) is 35.1 Å². The van der Waals surface area contributed by atoms with E-state index in [1.54, 1.807) is 10.6 Å². The van der Waals surface area contributed by atoms with E-state index in [2.05, 4.69) is 0 Å². The molecule has 0 saturated heterocycles. The van der Waals surface area contributed by atoms with Gasteiger partial charge in [-0.15, -0.1) is 0 Å². The lowest BCUT2D eigenvalue weighted by molar-refractivity contribution is 0.104. The summed E-state index contributed by atoms with van der Waals surface area (Å²) >= 11 is 0. The fourth-order valence-electron chi connectivity index (χ4n) is 3.70. The smallest absolute Gasteiger partial charge is 0.258 e. The summed E-state index contributed by atoms with van der Waals surface area (Å²) in [5.74, 6) is -0.00842. The number of aliphatic hydroxyl groups excluding tert-OH is 1. The second-order valence-corrected chi connectivity index (χ2v) is 6.38. The highest BCUT2D eigenvalue weighted by Crippen LogP contribution is 2.39. The second-order valence-electron chi connectivity index (χ2n) is 6.38. The number of nitrogens with zero attached hydrogens (tertiary/aromatic N) is 1.